The predicted molar refractivity (Wildman–Crippen MR) is 99.7 cm³/mol. The molecule has 0 aromatic heterocycles. The number of amides is 2. The van der Waals surface area contributed by atoms with Crippen LogP contribution in [0.4, 0.5) is 10.1 Å². The monoisotopic (exact) mass is 368 g/mol. The average molecular weight is 368 g/mol. The maximum Gasteiger partial charge on any atom is 0.254 e. The zero-order chi connectivity index (χ0) is 19.3. The van der Waals surface area contributed by atoms with Crippen LogP contribution in [0.3, 0.4) is 0 Å². The van der Waals surface area contributed by atoms with E-state index in [-0.39, 0.29) is 18.4 Å². The number of nitrogens with zero attached hydrogens (tertiary/aromatic N) is 2. The van der Waals surface area contributed by atoms with Crippen LogP contribution in [-0.4, -0.2) is 44.0 Å². The summed E-state index contributed by atoms with van der Waals surface area (Å²) in [7, 11) is 3.34. The molecule has 2 aromatic carbocycles. The summed E-state index contributed by atoms with van der Waals surface area (Å²) in [5.74, 6) is 0.0110. The van der Waals surface area contributed by atoms with Gasteiger partial charge in [-0.2, -0.15) is 0 Å². The van der Waals surface area contributed by atoms with Crippen molar-refractivity contribution >= 4 is 17.5 Å². The molecule has 2 heterocycles. The molecule has 5 nitrogen and oxygen atoms in total. The normalized spacial score (nSPS) is 21.1. The fourth-order valence-corrected chi connectivity index (χ4v) is 4.15. The lowest BCUT2D eigenvalue weighted by Gasteiger charge is -2.23. The molecule has 0 N–H and O–H groups in total. The molecule has 1 spiro atoms. The van der Waals surface area contributed by atoms with Gasteiger partial charge in [-0.3, -0.25) is 9.59 Å². The van der Waals surface area contributed by atoms with Crippen molar-refractivity contribution < 1.29 is 18.7 Å². The van der Waals surface area contributed by atoms with Gasteiger partial charge in [0.05, 0.1) is 12.5 Å². The lowest BCUT2D eigenvalue weighted by atomic mass is 9.81. The molecule has 1 atom stereocenters. The van der Waals surface area contributed by atoms with E-state index in [2.05, 4.69) is 0 Å². The Balaban J connectivity index is 1.68. The van der Waals surface area contributed by atoms with Crippen LogP contribution in [0.1, 0.15) is 27.9 Å². The summed E-state index contributed by atoms with van der Waals surface area (Å²) < 4.78 is 19.2. The summed E-state index contributed by atoms with van der Waals surface area (Å²) >= 11 is 0. The summed E-state index contributed by atoms with van der Waals surface area (Å²) in [5.41, 5.74) is 1.77. The SMILES string of the molecule is COc1ccc2c(c1)[C@@]1(CCN(C(=O)c3ccc(C)c(F)c3)C1)C(=O)N2C. The number of fused-ring (bicyclic) bond motifs is 2. The molecule has 2 aromatic rings. The third-order valence-corrected chi connectivity index (χ3v) is 5.77. The van der Waals surface area contributed by atoms with Gasteiger partial charge < -0.3 is 14.5 Å². The van der Waals surface area contributed by atoms with Crippen LogP contribution in [0.15, 0.2) is 36.4 Å². The van der Waals surface area contributed by atoms with Crippen molar-refractivity contribution in [2.75, 3.05) is 32.1 Å². The molecular weight excluding hydrogens is 347 g/mol. The quantitative estimate of drug-likeness (QED) is 0.819. The van der Waals surface area contributed by atoms with E-state index in [4.69, 9.17) is 4.74 Å². The molecule has 140 valence electrons. The minimum atomic E-state index is -0.766. The third kappa shape index (κ3) is 2.51. The second-order valence-electron chi connectivity index (χ2n) is 7.27. The van der Waals surface area contributed by atoms with E-state index < -0.39 is 11.2 Å². The van der Waals surface area contributed by atoms with Crippen molar-refractivity contribution in [2.45, 2.75) is 18.8 Å². The van der Waals surface area contributed by atoms with Gasteiger partial charge in [0.1, 0.15) is 11.6 Å². The molecule has 0 radical (unpaired) electrons. The van der Waals surface area contributed by atoms with E-state index in [1.807, 2.05) is 18.2 Å². The molecule has 6 heteroatoms. The van der Waals surface area contributed by atoms with E-state index in [1.165, 1.54) is 6.07 Å². The van der Waals surface area contributed by atoms with Crippen molar-refractivity contribution in [1.29, 1.82) is 0 Å². The molecule has 0 saturated carbocycles. The molecule has 2 aliphatic heterocycles. The fourth-order valence-electron chi connectivity index (χ4n) is 4.15. The first-order valence-electron chi connectivity index (χ1n) is 8.89. The predicted octanol–water partition coefficient (Wildman–Crippen LogP) is 2.90. The van der Waals surface area contributed by atoms with Gasteiger partial charge >= 0.3 is 0 Å². The van der Waals surface area contributed by atoms with Crippen LogP contribution in [0.5, 0.6) is 5.75 Å². The lowest BCUT2D eigenvalue weighted by molar-refractivity contribution is -0.122. The molecule has 0 unspecified atom stereocenters. The smallest absolute Gasteiger partial charge is 0.254 e. The molecule has 2 amide bonds. The van der Waals surface area contributed by atoms with Gasteiger partial charge in [-0.05, 0) is 54.8 Å². The number of halogens is 1. The third-order valence-electron chi connectivity index (χ3n) is 5.77. The highest BCUT2D eigenvalue weighted by atomic mass is 19.1. The number of hydrogen-bond donors (Lipinski definition) is 0. The van der Waals surface area contributed by atoms with E-state index in [9.17, 15) is 14.0 Å². The summed E-state index contributed by atoms with van der Waals surface area (Å²) in [6, 6.07) is 10.1. The van der Waals surface area contributed by atoms with Gasteiger partial charge in [0, 0.05) is 31.4 Å². The first-order valence-corrected chi connectivity index (χ1v) is 8.89. The van der Waals surface area contributed by atoms with Crippen molar-refractivity contribution in [2.24, 2.45) is 0 Å². The highest BCUT2D eigenvalue weighted by Gasteiger charge is 2.54. The topological polar surface area (TPSA) is 49.9 Å². The van der Waals surface area contributed by atoms with Gasteiger partial charge in [0.2, 0.25) is 5.91 Å². The molecule has 2 aliphatic rings. The van der Waals surface area contributed by atoms with Crippen LogP contribution in [0, 0.1) is 12.7 Å². The molecule has 1 saturated heterocycles. The van der Waals surface area contributed by atoms with E-state index in [0.29, 0.717) is 29.8 Å². The maximum absolute atomic E-state index is 13.9. The van der Waals surface area contributed by atoms with Crippen molar-refractivity contribution in [1.82, 2.24) is 4.90 Å². The average Bonchev–Trinajstić information content (AvgIpc) is 3.21. The van der Waals surface area contributed by atoms with Gasteiger partial charge in [-0.1, -0.05) is 6.07 Å². The first kappa shape index (κ1) is 17.5. The zero-order valence-corrected chi connectivity index (χ0v) is 15.6. The summed E-state index contributed by atoms with van der Waals surface area (Å²) in [6.45, 7) is 2.39. The summed E-state index contributed by atoms with van der Waals surface area (Å²) in [5, 5.41) is 0. The Kier molecular flexibility index (Phi) is 3.94. The van der Waals surface area contributed by atoms with Gasteiger partial charge in [0.25, 0.3) is 5.91 Å². The second-order valence-corrected chi connectivity index (χ2v) is 7.27. The van der Waals surface area contributed by atoms with Gasteiger partial charge in [0.15, 0.2) is 0 Å². The maximum atomic E-state index is 13.9. The number of carbonyl (C=O) groups is 2. The number of carbonyl (C=O) groups excluding carboxylic acids is 2. The Morgan fingerprint density at radius 2 is 2.00 bits per heavy atom. The summed E-state index contributed by atoms with van der Waals surface area (Å²) in [6.07, 6.45) is 0.538. The van der Waals surface area contributed by atoms with Crippen LogP contribution in [0.2, 0.25) is 0 Å². The second kappa shape index (κ2) is 6.08. The van der Waals surface area contributed by atoms with E-state index in [0.717, 1.165) is 11.3 Å². The molecule has 0 aliphatic carbocycles. The number of methoxy groups -OCH3 is 1. The Morgan fingerprint density at radius 1 is 1.22 bits per heavy atom. The number of aryl methyl sites for hydroxylation is 1. The molecule has 4 rings (SSSR count). The Bertz CT molecular complexity index is 958. The minimum Gasteiger partial charge on any atom is -0.497 e. The lowest BCUT2D eigenvalue weighted by Crippen LogP contribution is -2.42. The number of hydrogen-bond acceptors (Lipinski definition) is 3. The van der Waals surface area contributed by atoms with Gasteiger partial charge in [-0.15, -0.1) is 0 Å². The number of ether oxygens (including phenoxy) is 1. The van der Waals surface area contributed by atoms with Crippen molar-refractivity contribution in [3.63, 3.8) is 0 Å². The standard InChI is InChI=1S/C21H21FN2O3/c1-13-4-5-14(10-17(13)22)19(25)24-9-8-21(12-24)16-11-15(27-3)6-7-18(16)23(2)20(21)26/h4-7,10-11H,8-9,12H2,1-3H3/t21-/m0/s1. The number of likely N-dealkylation sites (tertiary alicyclic amines) is 1. The number of benzene rings is 2. The highest BCUT2D eigenvalue weighted by molar-refractivity contribution is 6.09. The highest BCUT2D eigenvalue weighted by Crippen LogP contribution is 2.48. The molecule has 27 heavy (non-hydrogen) atoms. The van der Waals surface area contributed by atoms with Crippen LogP contribution in [-0.2, 0) is 10.2 Å². The number of likely N-dealkylation sites (N-methyl/N-ethyl adjacent to an activating group) is 1. The van der Waals surface area contributed by atoms with Crippen LogP contribution < -0.4 is 9.64 Å². The Morgan fingerprint density at radius 3 is 2.70 bits per heavy atom. The minimum absolute atomic E-state index is 0.0175. The van der Waals surface area contributed by atoms with Crippen LogP contribution in [0.25, 0.3) is 0 Å². The van der Waals surface area contributed by atoms with Crippen LogP contribution >= 0.6 is 0 Å². The zero-order valence-electron chi connectivity index (χ0n) is 15.6. The Labute approximate surface area is 157 Å². The van der Waals surface area contributed by atoms with Crippen molar-refractivity contribution in [3.8, 4) is 5.75 Å². The van der Waals surface area contributed by atoms with E-state index >= 15 is 0 Å². The summed E-state index contributed by atoms with van der Waals surface area (Å²) in [4.78, 5) is 29.3. The first-order chi connectivity index (χ1) is 12.9. The molecular formula is C21H21FN2O3. The Hall–Kier alpha value is -2.89. The van der Waals surface area contributed by atoms with Gasteiger partial charge in [-0.25, -0.2) is 4.39 Å². The largest absolute Gasteiger partial charge is 0.497 e. The number of rotatable bonds is 2. The molecule has 0 bridgehead atoms. The van der Waals surface area contributed by atoms with E-state index in [1.54, 1.807) is 43.0 Å². The molecule has 1 fully saturated rings. The number of anilines is 1. The van der Waals surface area contributed by atoms with Crippen molar-refractivity contribution in [3.05, 3.63) is 58.9 Å². The fraction of sp³-hybridized carbons (Fsp3) is 0.333.